The maximum atomic E-state index is 10.4. The summed E-state index contributed by atoms with van der Waals surface area (Å²) in [6, 6.07) is 0. The van der Waals surface area contributed by atoms with Crippen LogP contribution in [0.2, 0.25) is 0 Å². The molecule has 12 heavy (non-hydrogen) atoms. The van der Waals surface area contributed by atoms with E-state index in [0.29, 0.717) is 14.5 Å². The third-order valence-electron chi connectivity index (χ3n) is 1.24. The van der Waals surface area contributed by atoms with Gasteiger partial charge in [0.15, 0.2) is 6.29 Å². The quantitative estimate of drug-likeness (QED) is 0.816. The first kappa shape index (κ1) is 9.83. The van der Waals surface area contributed by atoms with Crippen molar-refractivity contribution in [2.75, 3.05) is 0 Å². The first-order valence-electron chi connectivity index (χ1n) is 3.29. The van der Waals surface area contributed by atoms with E-state index in [2.05, 4.69) is 20.9 Å². The van der Waals surface area contributed by atoms with Crippen LogP contribution in [0.1, 0.15) is 28.5 Å². The first-order valence-corrected chi connectivity index (χ1v) is 4.90. The number of thiazole rings is 1. The van der Waals surface area contributed by atoms with Gasteiger partial charge >= 0.3 is 0 Å². The lowest BCUT2D eigenvalue weighted by Gasteiger charge is -2.11. The van der Waals surface area contributed by atoms with Crippen LogP contribution in [-0.4, -0.2) is 16.4 Å². The lowest BCUT2D eigenvalue weighted by molar-refractivity contribution is 0.0781. The highest BCUT2D eigenvalue weighted by atomic mass is 79.9. The van der Waals surface area contributed by atoms with Crippen LogP contribution < -0.4 is 0 Å². The molecule has 1 heterocycles. The Hall–Kier alpha value is -0.260. The fourth-order valence-electron chi connectivity index (χ4n) is 0.648. The van der Waals surface area contributed by atoms with Crippen LogP contribution >= 0.6 is 27.3 Å². The van der Waals surface area contributed by atoms with Gasteiger partial charge in [-0.05, 0) is 29.8 Å². The van der Waals surface area contributed by atoms with Crippen LogP contribution in [-0.2, 0) is 5.60 Å². The molecule has 0 aliphatic heterocycles. The van der Waals surface area contributed by atoms with Gasteiger partial charge in [-0.2, -0.15) is 0 Å². The van der Waals surface area contributed by atoms with E-state index < -0.39 is 5.60 Å². The number of rotatable bonds is 2. The zero-order valence-electron chi connectivity index (χ0n) is 6.67. The van der Waals surface area contributed by atoms with Gasteiger partial charge < -0.3 is 5.11 Å². The van der Waals surface area contributed by atoms with Gasteiger partial charge in [-0.15, -0.1) is 11.3 Å². The molecule has 0 spiro atoms. The third kappa shape index (κ3) is 1.91. The molecule has 3 nitrogen and oxygen atoms in total. The largest absolute Gasteiger partial charge is 0.383 e. The Morgan fingerprint density at radius 2 is 2.25 bits per heavy atom. The molecule has 0 amide bonds. The van der Waals surface area contributed by atoms with Crippen molar-refractivity contribution in [2.45, 2.75) is 19.4 Å². The van der Waals surface area contributed by atoms with Gasteiger partial charge in [-0.3, -0.25) is 4.79 Å². The normalized spacial score (nSPS) is 11.7. The van der Waals surface area contributed by atoms with Crippen molar-refractivity contribution in [1.29, 1.82) is 0 Å². The lowest BCUT2D eigenvalue weighted by Crippen LogP contribution is -2.14. The summed E-state index contributed by atoms with van der Waals surface area (Å²) in [7, 11) is 0. The Morgan fingerprint density at radius 3 is 2.50 bits per heavy atom. The van der Waals surface area contributed by atoms with Crippen molar-refractivity contribution < 1.29 is 9.90 Å². The van der Waals surface area contributed by atoms with E-state index in [4.69, 9.17) is 0 Å². The second-order valence-corrected chi connectivity index (χ2v) is 4.63. The minimum atomic E-state index is -0.978. The van der Waals surface area contributed by atoms with Crippen LogP contribution in [0.5, 0.6) is 0 Å². The molecular formula is C7H8BrNO2S. The maximum absolute atomic E-state index is 10.4. The molecule has 0 bridgehead atoms. The Balaban J connectivity index is 3.13. The number of hydrogen-bond acceptors (Lipinski definition) is 4. The van der Waals surface area contributed by atoms with Crippen LogP contribution in [0.15, 0.2) is 4.60 Å². The maximum Gasteiger partial charge on any atom is 0.162 e. The van der Waals surface area contributed by atoms with Gasteiger partial charge in [0, 0.05) is 0 Å². The SMILES string of the molecule is CC(C)(O)c1nc(Br)c(C=O)s1. The highest BCUT2D eigenvalue weighted by Crippen LogP contribution is 2.29. The van der Waals surface area contributed by atoms with Crippen molar-refractivity contribution in [1.82, 2.24) is 4.98 Å². The van der Waals surface area contributed by atoms with Gasteiger partial charge in [0.05, 0.1) is 0 Å². The van der Waals surface area contributed by atoms with E-state index >= 15 is 0 Å². The average molecular weight is 250 g/mol. The van der Waals surface area contributed by atoms with Crippen molar-refractivity contribution in [3.05, 3.63) is 14.5 Å². The van der Waals surface area contributed by atoms with Gasteiger partial charge in [0.25, 0.3) is 0 Å². The molecule has 5 heteroatoms. The molecule has 0 saturated carbocycles. The molecule has 0 aliphatic carbocycles. The second kappa shape index (κ2) is 3.24. The molecule has 0 atom stereocenters. The Morgan fingerprint density at radius 1 is 1.67 bits per heavy atom. The topological polar surface area (TPSA) is 50.2 Å². The number of nitrogens with zero attached hydrogens (tertiary/aromatic N) is 1. The van der Waals surface area contributed by atoms with Crippen LogP contribution in [0, 0.1) is 0 Å². The summed E-state index contributed by atoms with van der Waals surface area (Å²) in [5, 5.41) is 10.1. The van der Waals surface area contributed by atoms with Crippen molar-refractivity contribution >= 4 is 33.6 Å². The zero-order valence-corrected chi connectivity index (χ0v) is 9.07. The summed E-state index contributed by atoms with van der Waals surface area (Å²) in [5.41, 5.74) is -0.978. The highest BCUT2D eigenvalue weighted by molar-refractivity contribution is 9.10. The van der Waals surface area contributed by atoms with Gasteiger partial charge in [-0.25, -0.2) is 4.98 Å². The zero-order chi connectivity index (χ0) is 9.35. The van der Waals surface area contributed by atoms with Crippen LogP contribution in [0.4, 0.5) is 0 Å². The fourth-order valence-corrected chi connectivity index (χ4v) is 2.05. The Labute approximate surface area is 82.6 Å². The number of carbonyl (C=O) groups is 1. The molecule has 0 fully saturated rings. The number of carbonyl (C=O) groups excluding carboxylic acids is 1. The van der Waals surface area contributed by atoms with E-state index in [-0.39, 0.29) is 0 Å². The number of aromatic nitrogens is 1. The third-order valence-corrected chi connectivity index (χ3v) is 3.40. The van der Waals surface area contributed by atoms with Gasteiger partial charge in [-0.1, -0.05) is 0 Å². The van der Waals surface area contributed by atoms with Gasteiger partial charge in [0.2, 0.25) is 0 Å². The summed E-state index contributed by atoms with van der Waals surface area (Å²) >= 11 is 4.32. The molecule has 0 aliphatic rings. The van der Waals surface area contributed by atoms with Crippen molar-refractivity contribution in [3.8, 4) is 0 Å². The van der Waals surface area contributed by atoms with E-state index in [1.54, 1.807) is 13.8 Å². The molecule has 1 aromatic heterocycles. The van der Waals surface area contributed by atoms with Gasteiger partial charge in [0.1, 0.15) is 20.1 Å². The smallest absolute Gasteiger partial charge is 0.162 e. The molecule has 1 N–H and O–H groups in total. The number of aliphatic hydroxyl groups is 1. The summed E-state index contributed by atoms with van der Waals surface area (Å²) in [6.07, 6.45) is 0.719. The molecule has 1 aromatic rings. The fraction of sp³-hybridized carbons (Fsp3) is 0.429. The molecule has 0 aromatic carbocycles. The number of halogens is 1. The molecule has 0 unspecified atom stereocenters. The predicted octanol–water partition coefficient (Wildman–Crippen LogP) is 1.95. The standard InChI is InChI=1S/C7H8BrNO2S/c1-7(2,11)6-9-5(8)4(3-10)12-6/h3,11H,1-2H3. The monoisotopic (exact) mass is 249 g/mol. The van der Waals surface area contributed by atoms with Crippen LogP contribution in [0.25, 0.3) is 0 Å². The van der Waals surface area contributed by atoms with Crippen LogP contribution in [0.3, 0.4) is 0 Å². The number of aldehydes is 1. The van der Waals surface area contributed by atoms with E-state index in [1.807, 2.05) is 0 Å². The summed E-state index contributed by atoms with van der Waals surface area (Å²) in [5.74, 6) is 0. The molecule has 0 radical (unpaired) electrons. The Kier molecular flexibility index (Phi) is 2.65. The van der Waals surface area contributed by atoms with E-state index in [1.165, 1.54) is 11.3 Å². The summed E-state index contributed by atoms with van der Waals surface area (Å²) in [6.45, 7) is 3.26. The molecule has 1 rings (SSSR count). The average Bonchev–Trinajstić information content (AvgIpc) is 2.29. The summed E-state index contributed by atoms with van der Waals surface area (Å²) in [4.78, 5) is 14.9. The lowest BCUT2D eigenvalue weighted by atomic mass is 10.2. The van der Waals surface area contributed by atoms with Crippen molar-refractivity contribution in [3.63, 3.8) is 0 Å². The van der Waals surface area contributed by atoms with E-state index in [9.17, 15) is 9.90 Å². The van der Waals surface area contributed by atoms with Crippen molar-refractivity contribution in [2.24, 2.45) is 0 Å². The van der Waals surface area contributed by atoms with E-state index in [0.717, 1.165) is 6.29 Å². The number of hydrogen-bond donors (Lipinski definition) is 1. The minimum absolute atomic E-state index is 0.500. The molecule has 0 saturated heterocycles. The summed E-state index contributed by atoms with van der Waals surface area (Å²) < 4.78 is 0.500. The molecular weight excluding hydrogens is 242 g/mol. The molecule has 66 valence electrons. The highest BCUT2D eigenvalue weighted by Gasteiger charge is 2.22. The predicted molar refractivity (Wildman–Crippen MR) is 50.4 cm³/mol. The second-order valence-electron chi connectivity index (χ2n) is 2.85. The Bertz CT molecular complexity index is 303. The first-order chi connectivity index (χ1) is 5.45. The minimum Gasteiger partial charge on any atom is -0.383 e.